The van der Waals surface area contributed by atoms with Gasteiger partial charge in [0.15, 0.2) is 0 Å². The summed E-state index contributed by atoms with van der Waals surface area (Å²) in [5.74, 6) is 0.925. The Labute approximate surface area is 122 Å². The summed E-state index contributed by atoms with van der Waals surface area (Å²) in [5.41, 5.74) is 9.09. The molecule has 0 aliphatic heterocycles. The Balaban J connectivity index is 2.64. The van der Waals surface area contributed by atoms with Gasteiger partial charge in [0.2, 0.25) is 0 Å². The van der Waals surface area contributed by atoms with Crippen molar-refractivity contribution < 1.29 is 0 Å². The maximum atomic E-state index is 5.91. The molecule has 0 radical (unpaired) electrons. The smallest absolute Gasteiger partial charge is 0.149 e. The molecular weight excluding hydrogens is 393 g/mol. The topological polar surface area (TPSA) is 54.7 Å². The van der Waals surface area contributed by atoms with E-state index in [9.17, 15) is 0 Å². The zero-order valence-corrected chi connectivity index (χ0v) is 13.3. The molecular formula is C12H13BrIN3. The second kappa shape index (κ2) is 4.97. The van der Waals surface area contributed by atoms with E-state index in [4.69, 9.17) is 5.73 Å². The number of benzene rings is 1. The van der Waals surface area contributed by atoms with Gasteiger partial charge in [-0.05, 0) is 46.7 Å². The number of nitrogens with one attached hydrogen (secondary N) is 1. The van der Waals surface area contributed by atoms with Crippen molar-refractivity contribution in [3.63, 3.8) is 0 Å². The van der Waals surface area contributed by atoms with E-state index < -0.39 is 0 Å². The van der Waals surface area contributed by atoms with Crippen LogP contribution in [0.2, 0.25) is 0 Å². The van der Waals surface area contributed by atoms with E-state index >= 15 is 0 Å². The summed E-state index contributed by atoms with van der Waals surface area (Å²) < 4.78 is 2.23. The Hall–Kier alpha value is -0.560. The maximum absolute atomic E-state index is 5.91. The van der Waals surface area contributed by atoms with Gasteiger partial charge in [-0.15, -0.1) is 0 Å². The predicted octanol–water partition coefficient (Wildman–Crippen LogP) is 4.15. The van der Waals surface area contributed by atoms with Crippen molar-refractivity contribution in [1.82, 2.24) is 10.2 Å². The largest absolute Gasteiger partial charge is 0.382 e. The van der Waals surface area contributed by atoms with Crippen molar-refractivity contribution in [2.75, 3.05) is 5.73 Å². The predicted molar refractivity (Wildman–Crippen MR) is 82.9 cm³/mol. The summed E-state index contributed by atoms with van der Waals surface area (Å²) >= 11 is 5.87. The summed E-state index contributed by atoms with van der Waals surface area (Å²) in [6.45, 7) is 4.24. The highest BCUT2D eigenvalue weighted by molar-refractivity contribution is 14.1. The first-order valence-corrected chi connectivity index (χ1v) is 7.17. The van der Waals surface area contributed by atoms with Gasteiger partial charge in [0.05, 0.1) is 5.69 Å². The van der Waals surface area contributed by atoms with Crippen LogP contribution in [0, 0.1) is 3.57 Å². The van der Waals surface area contributed by atoms with E-state index in [0.717, 1.165) is 21.3 Å². The van der Waals surface area contributed by atoms with Gasteiger partial charge in [-0.3, -0.25) is 5.10 Å². The summed E-state index contributed by atoms with van der Waals surface area (Å²) in [7, 11) is 0. The molecule has 0 atom stereocenters. The van der Waals surface area contributed by atoms with Crippen LogP contribution in [0.25, 0.3) is 11.3 Å². The van der Waals surface area contributed by atoms with Crippen molar-refractivity contribution in [1.29, 1.82) is 0 Å². The molecule has 5 heteroatoms. The first-order valence-electron chi connectivity index (χ1n) is 5.30. The van der Waals surface area contributed by atoms with Crippen LogP contribution < -0.4 is 5.73 Å². The van der Waals surface area contributed by atoms with Gasteiger partial charge >= 0.3 is 0 Å². The third kappa shape index (κ3) is 2.49. The summed E-state index contributed by atoms with van der Waals surface area (Å²) in [6, 6.07) is 6.21. The van der Waals surface area contributed by atoms with Crippen molar-refractivity contribution in [2.45, 2.75) is 19.8 Å². The number of nitrogen functional groups attached to an aromatic ring is 1. The number of nitrogens with zero attached hydrogens (tertiary/aromatic N) is 1. The zero-order valence-electron chi connectivity index (χ0n) is 9.59. The van der Waals surface area contributed by atoms with E-state index in [2.05, 4.69) is 74.7 Å². The molecule has 90 valence electrons. The number of aromatic nitrogens is 2. The Bertz CT molecular complexity index is 549. The first kappa shape index (κ1) is 12.9. The van der Waals surface area contributed by atoms with E-state index in [0.29, 0.717) is 11.7 Å². The van der Waals surface area contributed by atoms with Gasteiger partial charge in [0.1, 0.15) is 5.82 Å². The monoisotopic (exact) mass is 405 g/mol. The van der Waals surface area contributed by atoms with Crippen molar-refractivity contribution in [3.05, 3.63) is 31.8 Å². The first-order chi connectivity index (χ1) is 8.00. The van der Waals surface area contributed by atoms with Gasteiger partial charge in [0.25, 0.3) is 0 Å². The number of H-pyrrole nitrogens is 1. The van der Waals surface area contributed by atoms with Crippen LogP contribution in [-0.2, 0) is 0 Å². The van der Waals surface area contributed by atoms with Crippen LogP contribution in [-0.4, -0.2) is 10.2 Å². The highest BCUT2D eigenvalue weighted by atomic mass is 127. The third-order valence-electron chi connectivity index (χ3n) is 2.61. The normalized spacial score (nSPS) is 11.1. The molecule has 3 N–H and O–H groups in total. The molecule has 1 aromatic carbocycles. The quantitative estimate of drug-likeness (QED) is 0.737. The molecule has 0 amide bonds. The van der Waals surface area contributed by atoms with Crippen molar-refractivity contribution in [2.24, 2.45) is 0 Å². The average Bonchev–Trinajstić information content (AvgIpc) is 2.64. The van der Waals surface area contributed by atoms with E-state index in [1.807, 2.05) is 6.07 Å². The minimum absolute atomic E-state index is 0.341. The van der Waals surface area contributed by atoms with Crippen LogP contribution >= 0.6 is 38.5 Å². The molecule has 0 saturated carbocycles. The van der Waals surface area contributed by atoms with Gasteiger partial charge < -0.3 is 5.73 Å². The molecule has 0 spiro atoms. The lowest BCUT2D eigenvalue weighted by Gasteiger charge is -2.09. The third-order valence-corrected chi connectivity index (χ3v) is 3.97. The molecule has 0 bridgehead atoms. The standard InChI is InChI=1S/C12H13BrIN3/c1-6(2)10-11(16-17-12(10)15)8-5-7(14)3-4-9(8)13/h3-6H,1-2H3,(H3,15,16,17). The molecule has 17 heavy (non-hydrogen) atoms. The maximum Gasteiger partial charge on any atom is 0.149 e. The van der Waals surface area contributed by atoms with E-state index in [1.165, 1.54) is 3.57 Å². The zero-order chi connectivity index (χ0) is 12.6. The number of hydrogen-bond acceptors (Lipinski definition) is 2. The van der Waals surface area contributed by atoms with Crippen LogP contribution in [0.4, 0.5) is 5.82 Å². The van der Waals surface area contributed by atoms with Gasteiger partial charge in [-0.2, -0.15) is 5.10 Å². The summed E-state index contributed by atoms with van der Waals surface area (Å²) in [5, 5.41) is 7.15. The lowest BCUT2D eigenvalue weighted by molar-refractivity contribution is 0.873. The Kier molecular flexibility index (Phi) is 3.77. The molecule has 2 rings (SSSR count). The van der Waals surface area contributed by atoms with Gasteiger partial charge in [-0.25, -0.2) is 0 Å². The van der Waals surface area contributed by atoms with Crippen molar-refractivity contribution >= 4 is 44.3 Å². The summed E-state index contributed by atoms with van der Waals surface area (Å²) in [4.78, 5) is 0. The lowest BCUT2D eigenvalue weighted by Crippen LogP contribution is -1.95. The number of rotatable bonds is 2. The molecule has 0 fully saturated rings. The number of halogens is 2. The molecule has 0 aliphatic carbocycles. The molecule has 0 saturated heterocycles. The second-order valence-electron chi connectivity index (χ2n) is 4.18. The van der Waals surface area contributed by atoms with E-state index in [-0.39, 0.29) is 0 Å². The molecule has 1 heterocycles. The van der Waals surface area contributed by atoms with Crippen molar-refractivity contribution in [3.8, 4) is 11.3 Å². The summed E-state index contributed by atoms with van der Waals surface area (Å²) in [6.07, 6.45) is 0. The molecule has 2 aromatic rings. The number of aromatic amines is 1. The highest BCUT2D eigenvalue weighted by Gasteiger charge is 2.17. The van der Waals surface area contributed by atoms with Crippen LogP contribution in [0.1, 0.15) is 25.3 Å². The Morgan fingerprint density at radius 1 is 1.41 bits per heavy atom. The fourth-order valence-corrected chi connectivity index (χ4v) is 2.78. The van der Waals surface area contributed by atoms with Crippen LogP contribution in [0.3, 0.4) is 0 Å². The number of nitrogens with two attached hydrogens (primary N) is 1. The Morgan fingerprint density at radius 2 is 2.12 bits per heavy atom. The molecule has 1 aromatic heterocycles. The van der Waals surface area contributed by atoms with Gasteiger partial charge in [0, 0.05) is 19.2 Å². The minimum Gasteiger partial charge on any atom is -0.382 e. The van der Waals surface area contributed by atoms with E-state index in [1.54, 1.807) is 0 Å². The minimum atomic E-state index is 0.341. The lowest BCUT2D eigenvalue weighted by atomic mass is 9.99. The molecule has 0 unspecified atom stereocenters. The fraction of sp³-hybridized carbons (Fsp3) is 0.250. The second-order valence-corrected chi connectivity index (χ2v) is 6.28. The SMILES string of the molecule is CC(C)c1c(N)n[nH]c1-c1cc(I)ccc1Br. The Morgan fingerprint density at radius 3 is 2.76 bits per heavy atom. The van der Waals surface area contributed by atoms with Crippen LogP contribution in [0.5, 0.6) is 0 Å². The number of hydrogen-bond donors (Lipinski definition) is 2. The van der Waals surface area contributed by atoms with Gasteiger partial charge in [-0.1, -0.05) is 29.8 Å². The van der Waals surface area contributed by atoms with Crippen LogP contribution in [0.15, 0.2) is 22.7 Å². The fourth-order valence-electron chi connectivity index (χ4n) is 1.84. The molecule has 3 nitrogen and oxygen atoms in total. The highest BCUT2D eigenvalue weighted by Crippen LogP contribution is 2.35. The number of anilines is 1. The average molecular weight is 406 g/mol. The molecule has 0 aliphatic rings.